The monoisotopic (exact) mass is 386 g/mol. The first kappa shape index (κ1) is 20.6. The molecule has 2 aliphatic heterocycles. The van der Waals surface area contributed by atoms with Crippen LogP contribution in [0.5, 0.6) is 5.75 Å². The molecule has 5 heteroatoms. The van der Waals surface area contributed by atoms with Gasteiger partial charge in [0.05, 0.1) is 5.69 Å². The van der Waals surface area contributed by atoms with Crippen LogP contribution in [0.3, 0.4) is 0 Å². The smallest absolute Gasteiger partial charge is 0.139 e. The topological polar surface area (TPSA) is 35.9 Å². The van der Waals surface area contributed by atoms with Gasteiger partial charge in [0, 0.05) is 32.2 Å². The molecule has 1 N–H and O–H groups in total. The van der Waals surface area contributed by atoms with E-state index in [1.54, 1.807) is 24.3 Å². The van der Waals surface area contributed by atoms with E-state index in [1.807, 2.05) is 13.0 Å². The quantitative estimate of drug-likeness (QED) is 0.843. The maximum Gasteiger partial charge on any atom is 0.139 e. The summed E-state index contributed by atoms with van der Waals surface area (Å²) in [6.45, 7) is 8.38. The highest BCUT2D eigenvalue weighted by molar-refractivity contribution is 5.67. The van der Waals surface area contributed by atoms with Crippen molar-refractivity contribution in [3.63, 3.8) is 0 Å². The zero-order valence-electron chi connectivity index (χ0n) is 16.9. The highest BCUT2D eigenvalue weighted by atomic mass is 19.1. The minimum atomic E-state index is -0.178. The molecular weight excluding hydrogens is 355 g/mol. The molecule has 4 rings (SSSR count). The van der Waals surface area contributed by atoms with Gasteiger partial charge >= 0.3 is 0 Å². The molecule has 28 heavy (non-hydrogen) atoms. The zero-order chi connectivity index (χ0) is 19.9. The van der Waals surface area contributed by atoms with Crippen molar-refractivity contribution in [2.45, 2.75) is 45.4 Å². The Hall–Kier alpha value is -2.11. The van der Waals surface area contributed by atoms with Gasteiger partial charge in [0.1, 0.15) is 17.8 Å². The van der Waals surface area contributed by atoms with Gasteiger partial charge < -0.3 is 19.6 Å². The number of piperidine rings is 1. The lowest BCUT2D eigenvalue weighted by atomic mass is 10.0. The average molecular weight is 387 g/mol. The number of aromatic hydroxyl groups is 1. The minimum absolute atomic E-state index is 0.0801. The van der Waals surface area contributed by atoms with Gasteiger partial charge in [-0.2, -0.15) is 0 Å². The summed E-state index contributed by atoms with van der Waals surface area (Å²) in [6.07, 6.45) is 3.25. The molecule has 0 radical (unpaired) electrons. The summed E-state index contributed by atoms with van der Waals surface area (Å²) in [7, 11) is 0. The molecule has 0 spiro atoms. The number of likely N-dealkylation sites (tertiary alicyclic amines) is 1. The van der Waals surface area contributed by atoms with Gasteiger partial charge in [-0.15, -0.1) is 0 Å². The predicted molar refractivity (Wildman–Crippen MR) is 111 cm³/mol. The van der Waals surface area contributed by atoms with Gasteiger partial charge in [0.2, 0.25) is 0 Å². The van der Waals surface area contributed by atoms with Gasteiger partial charge in [0.25, 0.3) is 0 Å². The second-order valence-corrected chi connectivity index (χ2v) is 7.27. The molecule has 2 aliphatic rings. The van der Waals surface area contributed by atoms with E-state index in [4.69, 9.17) is 4.74 Å². The number of fused-ring (bicyclic) bond motifs is 1. The minimum Gasteiger partial charge on any atom is -0.506 e. The van der Waals surface area contributed by atoms with Crippen molar-refractivity contribution in [3.8, 4) is 5.75 Å². The van der Waals surface area contributed by atoms with Gasteiger partial charge in [-0.3, -0.25) is 0 Å². The third-order valence-corrected chi connectivity index (χ3v) is 5.55. The molecule has 1 fully saturated rings. The largest absolute Gasteiger partial charge is 0.506 e. The number of phenols is 1. The van der Waals surface area contributed by atoms with E-state index < -0.39 is 0 Å². The number of rotatable bonds is 4. The maximum atomic E-state index is 11.9. The van der Waals surface area contributed by atoms with Crippen LogP contribution in [-0.2, 0) is 11.2 Å². The van der Waals surface area contributed by atoms with Crippen LogP contribution in [0.25, 0.3) is 0 Å². The van der Waals surface area contributed by atoms with Crippen LogP contribution >= 0.6 is 0 Å². The Labute approximate surface area is 167 Å². The molecule has 1 atom stereocenters. The highest BCUT2D eigenvalue weighted by Crippen LogP contribution is 2.42. The second kappa shape index (κ2) is 9.89. The number of nitrogens with zero attached hydrogens (tertiary/aromatic N) is 2. The summed E-state index contributed by atoms with van der Waals surface area (Å²) >= 11 is 0. The first-order chi connectivity index (χ1) is 13.6. The van der Waals surface area contributed by atoms with Gasteiger partial charge in [-0.05, 0) is 50.1 Å². The van der Waals surface area contributed by atoms with Gasteiger partial charge in [-0.1, -0.05) is 37.3 Å². The van der Waals surface area contributed by atoms with Crippen molar-refractivity contribution >= 4 is 5.69 Å². The number of ether oxygens (including phenoxy) is 1. The number of hydrogen-bond acceptors (Lipinski definition) is 4. The predicted octanol–water partition coefficient (Wildman–Crippen LogP) is 4.43. The Kier molecular flexibility index (Phi) is 7.29. The van der Waals surface area contributed by atoms with E-state index in [1.165, 1.54) is 17.7 Å². The summed E-state index contributed by atoms with van der Waals surface area (Å²) in [4.78, 5) is 4.84. The molecule has 1 unspecified atom stereocenters. The Morgan fingerprint density at radius 1 is 1.04 bits per heavy atom. The number of halogens is 1. The lowest BCUT2D eigenvalue weighted by Crippen LogP contribution is -2.48. The Morgan fingerprint density at radius 2 is 1.75 bits per heavy atom. The lowest BCUT2D eigenvalue weighted by Gasteiger charge is -2.40. The maximum absolute atomic E-state index is 11.9. The number of para-hydroxylation sites is 1. The third-order valence-electron chi connectivity index (χ3n) is 5.55. The molecule has 152 valence electrons. The van der Waals surface area contributed by atoms with Gasteiger partial charge in [0.15, 0.2) is 0 Å². The normalized spacial score (nSPS) is 19.8. The molecule has 4 nitrogen and oxygen atoms in total. The Balaban J connectivity index is 0.000000271. The van der Waals surface area contributed by atoms with Crippen molar-refractivity contribution in [1.82, 2.24) is 4.90 Å². The van der Waals surface area contributed by atoms with Crippen molar-refractivity contribution < 1.29 is 14.2 Å². The van der Waals surface area contributed by atoms with Crippen molar-refractivity contribution in [3.05, 3.63) is 59.9 Å². The van der Waals surface area contributed by atoms with Crippen LogP contribution in [0.2, 0.25) is 0 Å². The first-order valence-corrected chi connectivity index (χ1v) is 10.3. The van der Waals surface area contributed by atoms with E-state index in [2.05, 4.69) is 22.8 Å². The number of phenolic OH excluding ortho intramolecular Hbond substituents is 1. The highest BCUT2D eigenvalue weighted by Gasteiger charge is 2.37. The van der Waals surface area contributed by atoms with E-state index >= 15 is 0 Å². The SMILES string of the molecule is CCOC1Cc2cccc(O)c2N1C1CCN(CC)CC1.Fc1ccccc1. The second-order valence-electron chi connectivity index (χ2n) is 7.27. The fourth-order valence-corrected chi connectivity index (χ4v) is 4.15. The molecule has 0 amide bonds. The summed E-state index contributed by atoms with van der Waals surface area (Å²) in [6, 6.07) is 14.2. The summed E-state index contributed by atoms with van der Waals surface area (Å²) in [5, 5.41) is 10.3. The van der Waals surface area contributed by atoms with Crippen LogP contribution in [-0.4, -0.2) is 48.5 Å². The molecule has 2 aromatic carbocycles. The molecule has 0 aliphatic carbocycles. The fourth-order valence-electron chi connectivity index (χ4n) is 4.15. The molecule has 1 saturated heterocycles. The Bertz CT molecular complexity index is 733. The number of benzene rings is 2. The summed E-state index contributed by atoms with van der Waals surface area (Å²) in [5.41, 5.74) is 2.22. The zero-order valence-corrected chi connectivity index (χ0v) is 16.9. The fraction of sp³-hybridized carbons (Fsp3) is 0.478. The van der Waals surface area contributed by atoms with Gasteiger partial charge in [-0.25, -0.2) is 4.39 Å². The number of hydrogen-bond donors (Lipinski definition) is 1. The van der Waals surface area contributed by atoms with Crippen molar-refractivity contribution in [2.75, 3.05) is 31.1 Å². The molecule has 0 aromatic heterocycles. The Morgan fingerprint density at radius 3 is 2.32 bits per heavy atom. The van der Waals surface area contributed by atoms with E-state index in [-0.39, 0.29) is 12.0 Å². The van der Waals surface area contributed by atoms with Crippen LogP contribution < -0.4 is 4.90 Å². The summed E-state index contributed by atoms with van der Waals surface area (Å²) in [5.74, 6) is 0.218. The molecular formula is C23H31FN2O2. The summed E-state index contributed by atoms with van der Waals surface area (Å²) < 4.78 is 17.9. The van der Waals surface area contributed by atoms with E-state index in [0.29, 0.717) is 18.4 Å². The standard InChI is InChI=1S/C17H26N2O2.C6H5F/c1-3-18-10-8-14(9-11-18)19-16(21-4-2)12-13-6-5-7-15(20)17(13)19;7-6-4-2-1-3-5-6/h5-7,14,16,20H,3-4,8-12H2,1-2H3;1-5H. The van der Waals surface area contributed by atoms with Crippen LogP contribution in [0, 0.1) is 5.82 Å². The third kappa shape index (κ3) is 4.83. The van der Waals surface area contributed by atoms with E-state index in [9.17, 15) is 9.50 Å². The van der Waals surface area contributed by atoms with Crippen LogP contribution in [0.15, 0.2) is 48.5 Å². The number of anilines is 1. The first-order valence-electron chi connectivity index (χ1n) is 10.3. The van der Waals surface area contributed by atoms with Crippen LogP contribution in [0.1, 0.15) is 32.3 Å². The van der Waals surface area contributed by atoms with Crippen LogP contribution in [0.4, 0.5) is 10.1 Å². The average Bonchev–Trinajstić information content (AvgIpc) is 3.09. The van der Waals surface area contributed by atoms with Crippen molar-refractivity contribution in [1.29, 1.82) is 0 Å². The van der Waals surface area contributed by atoms with E-state index in [0.717, 1.165) is 44.6 Å². The molecule has 2 heterocycles. The molecule has 0 saturated carbocycles. The molecule has 0 bridgehead atoms. The molecule has 2 aromatic rings. The van der Waals surface area contributed by atoms with Crippen molar-refractivity contribution in [2.24, 2.45) is 0 Å². The lowest BCUT2D eigenvalue weighted by molar-refractivity contribution is 0.0546.